The van der Waals surface area contributed by atoms with Crippen molar-refractivity contribution in [3.05, 3.63) is 151 Å². The lowest BCUT2D eigenvalue weighted by Crippen LogP contribution is -2.48. The summed E-state index contributed by atoms with van der Waals surface area (Å²) in [5.41, 5.74) is 9.38. The number of benzene rings is 7. The molecule has 1 atom stereocenters. The minimum atomic E-state index is 0.304. The number of nitrogens with zero attached hydrogens (tertiary/aromatic N) is 3. The highest BCUT2D eigenvalue weighted by atomic mass is 32.1. The van der Waals surface area contributed by atoms with Crippen molar-refractivity contribution < 1.29 is 0 Å². The number of hydrogen-bond donors (Lipinski definition) is 0. The normalized spacial score (nSPS) is 22.9. The highest BCUT2D eigenvalue weighted by molar-refractivity contribution is 7.26. The number of rotatable bonds is 4. The van der Waals surface area contributed by atoms with Crippen molar-refractivity contribution in [1.82, 2.24) is 15.0 Å². The van der Waals surface area contributed by atoms with E-state index >= 15 is 0 Å². The minimum absolute atomic E-state index is 0.304. The second kappa shape index (κ2) is 12.2. The first-order chi connectivity index (χ1) is 29.1. The molecule has 4 saturated carbocycles. The number of aromatic nitrogens is 3. The third kappa shape index (κ3) is 4.77. The van der Waals surface area contributed by atoms with Gasteiger partial charge < -0.3 is 0 Å². The zero-order valence-corrected chi connectivity index (χ0v) is 34.1. The summed E-state index contributed by atoms with van der Waals surface area (Å²) < 4.78 is 4.99. The van der Waals surface area contributed by atoms with Crippen LogP contribution in [-0.2, 0) is 0 Å². The van der Waals surface area contributed by atoms with Crippen LogP contribution in [0.15, 0.2) is 140 Å². The molecule has 0 saturated heterocycles. The van der Waals surface area contributed by atoms with E-state index in [4.69, 9.17) is 15.0 Å². The molecule has 0 amide bonds. The maximum absolute atomic E-state index is 5.47. The van der Waals surface area contributed by atoms with Crippen LogP contribution in [0.5, 0.6) is 0 Å². The first kappa shape index (κ1) is 33.1. The molecular weight excluding hydrogens is 755 g/mol. The second-order valence-corrected chi connectivity index (χ2v) is 20.2. The average Bonchev–Trinajstić information content (AvgIpc) is 3.95. The van der Waals surface area contributed by atoms with Crippen molar-refractivity contribution in [2.45, 2.75) is 44.4 Å². The summed E-state index contributed by atoms with van der Waals surface area (Å²) >= 11 is 3.66. The Labute approximate surface area is 350 Å². The van der Waals surface area contributed by atoms with Gasteiger partial charge in [0.05, 0.1) is 0 Å². The fourth-order valence-corrected chi connectivity index (χ4v) is 15.4. The van der Waals surface area contributed by atoms with Gasteiger partial charge in [0.1, 0.15) is 0 Å². The molecule has 3 heterocycles. The van der Waals surface area contributed by atoms with E-state index in [9.17, 15) is 0 Å². The molecule has 59 heavy (non-hydrogen) atoms. The van der Waals surface area contributed by atoms with Crippen molar-refractivity contribution in [1.29, 1.82) is 0 Å². The van der Waals surface area contributed by atoms with Gasteiger partial charge in [-0.15, -0.1) is 22.7 Å². The van der Waals surface area contributed by atoms with Gasteiger partial charge in [0.2, 0.25) is 0 Å². The highest BCUT2D eigenvalue weighted by Crippen LogP contribution is 2.69. The summed E-state index contributed by atoms with van der Waals surface area (Å²) in [6.45, 7) is 0. The molecule has 3 aromatic heterocycles. The van der Waals surface area contributed by atoms with Crippen LogP contribution in [0.1, 0.15) is 55.6 Å². The SMILES string of the molecule is c1ccc2c3c(ccc2c1)C(C12CC4CC(CC(C4)C1)C2)c1cc(-c2nc(-c4cccc5c4sc4ccccc45)nc(-c4cccc5c4sc4ccccc45)n2)ccc1-3. The first-order valence-corrected chi connectivity index (χ1v) is 23.0. The molecular formula is C54H39N3S2. The van der Waals surface area contributed by atoms with Gasteiger partial charge >= 0.3 is 0 Å². The van der Waals surface area contributed by atoms with E-state index in [1.54, 1.807) is 5.56 Å². The smallest absolute Gasteiger partial charge is 0.165 e. The fourth-order valence-electron chi connectivity index (χ4n) is 12.9. The van der Waals surface area contributed by atoms with E-state index in [0.717, 1.165) is 51.9 Å². The summed E-state index contributed by atoms with van der Waals surface area (Å²) in [6.07, 6.45) is 8.41. The summed E-state index contributed by atoms with van der Waals surface area (Å²) in [7, 11) is 0. The molecule has 0 spiro atoms. The largest absolute Gasteiger partial charge is 0.208 e. The van der Waals surface area contributed by atoms with E-state index in [1.165, 1.54) is 106 Å². The Morgan fingerprint density at radius 3 is 1.61 bits per heavy atom. The van der Waals surface area contributed by atoms with E-state index in [0.29, 0.717) is 11.3 Å². The Morgan fingerprint density at radius 1 is 0.441 bits per heavy atom. The second-order valence-electron chi connectivity index (χ2n) is 18.1. The van der Waals surface area contributed by atoms with Gasteiger partial charge in [-0.25, -0.2) is 15.0 Å². The Balaban J connectivity index is 1.01. The molecule has 7 aromatic carbocycles. The van der Waals surface area contributed by atoms with Crippen molar-refractivity contribution >= 4 is 73.8 Å². The van der Waals surface area contributed by atoms with Crippen LogP contribution in [0.25, 0.3) is 96.4 Å². The Bertz CT molecular complexity index is 3240. The van der Waals surface area contributed by atoms with E-state index < -0.39 is 0 Å². The maximum Gasteiger partial charge on any atom is 0.165 e. The molecule has 4 fully saturated rings. The average molecular weight is 794 g/mol. The number of fused-ring (bicyclic) bond motifs is 11. The predicted octanol–water partition coefficient (Wildman–Crippen LogP) is 15.1. The molecule has 282 valence electrons. The fraction of sp³-hybridized carbons (Fsp3) is 0.204. The Kier molecular flexibility index (Phi) is 6.82. The summed E-state index contributed by atoms with van der Waals surface area (Å²) in [6, 6.07) is 51.8. The summed E-state index contributed by atoms with van der Waals surface area (Å²) in [5.74, 6) is 5.21. The van der Waals surface area contributed by atoms with Gasteiger partial charge in [-0.1, -0.05) is 109 Å². The van der Waals surface area contributed by atoms with Crippen LogP contribution in [0.3, 0.4) is 0 Å². The quantitative estimate of drug-likeness (QED) is 0.178. The Hall–Kier alpha value is -5.75. The summed E-state index contributed by atoms with van der Waals surface area (Å²) in [4.78, 5) is 16.4. The third-order valence-electron chi connectivity index (χ3n) is 14.8. The van der Waals surface area contributed by atoms with Gasteiger partial charge in [-0.2, -0.15) is 0 Å². The van der Waals surface area contributed by atoms with Crippen molar-refractivity contribution in [2.24, 2.45) is 23.2 Å². The first-order valence-electron chi connectivity index (χ1n) is 21.4. The van der Waals surface area contributed by atoms with E-state index in [-0.39, 0.29) is 0 Å². The Morgan fingerprint density at radius 2 is 0.983 bits per heavy atom. The minimum Gasteiger partial charge on any atom is -0.208 e. The number of hydrogen-bond acceptors (Lipinski definition) is 5. The van der Waals surface area contributed by atoms with Crippen LogP contribution < -0.4 is 0 Å². The molecule has 3 nitrogen and oxygen atoms in total. The molecule has 0 radical (unpaired) electrons. The van der Waals surface area contributed by atoms with Crippen LogP contribution >= 0.6 is 22.7 Å². The van der Waals surface area contributed by atoms with Gasteiger partial charge in [-0.3, -0.25) is 0 Å². The molecule has 0 N–H and O–H groups in total. The zero-order valence-electron chi connectivity index (χ0n) is 32.5. The molecule has 4 bridgehead atoms. The lowest BCUT2D eigenvalue weighted by molar-refractivity contribution is -0.0612. The van der Waals surface area contributed by atoms with Crippen molar-refractivity contribution in [3.63, 3.8) is 0 Å². The predicted molar refractivity (Wildman–Crippen MR) is 247 cm³/mol. The summed E-state index contributed by atoms with van der Waals surface area (Å²) in [5, 5.41) is 7.76. The van der Waals surface area contributed by atoms with Gasteiger partial charge in [0, 0.05) is 63.0 Å². The molecule has 5 heteroatoms. The molecule has 0 aliphatic heterocycles. The lowest BCUT2D eigenvalue weighted by atomic mass is 9.45. The van der Waals surface area contributed by atoms with Crippen LogP contribution in [0.4, 0.5) is 0 Å². The van der Waals surface area contributed by atoms with Gasteiger partial charge in [0.15, 0.2) is 17.5 Å². The van der Waals surface area contributed by atoms with Crippen molar-refractivity contribution in [2.75, 3.05) is 0 Å². The van der Waals surface area contributed by atoms with E-state index in [2.05, 4.69) is 140 Å². The van der Waals surface area contributed by atoms with Crippen LogP contribution in [-0.4, -0.2) is 15.0 Å². The standard InChI is InChI=1S/C54H39N3S2/c1-2-10-35-33(9-1)19-22-41-47(35)38-21-20-34(26-44(38)48(41)54-27-30-23-31(28-54)25-32(24-30)29-54)51-55-52(42-15-7-13-39-36-11-3-5-17-45(36)58-49(39)42)57-53(56-51)43-16-8-14-40-37-12-4-6-18-46(37)59-50(40)43/h1-22,26,30-32,48H,23-25,27-29H2. The van der Waals surface area contributed by atoms with E-state index in [1.807, 2.05) is 22.7 Å². The molecule has 5 aliphatic rings. The maximum atomic E-state index is 5.47. The topological polar surface area (TPSA) is 38.7 Å². The monoisotopic (exact) mass is 793 g/mol. The number of thiophene rings is 2. The van der Waals surface area contributed by atoms with Crippen LogP contribution in [0.2, 0.25) is 0 Å². The van der Waals surface area contributed by atoms with Gasteiger partial charge in [0.25, 0.3) is 0 Å². The third-order valence-corrected chi connectivity index (χ3v) is 17.2. The molecule has 15 rings (SSSR count). The molecule has 5 aliphatic carbocycles. The van der Waals surface area contributed by atoms with Crippen LogP contribution in [0, 0.1) is 23.2 Å². The lowest BCUT2D eigenvalue weighted by Gasteiger charge is -2.59. The highest BCUT2D eigenvalue weighted by Gasteiger charge is 2.56. The molecule has 10 aromatic rings. The molecule has 1 unspecified atom stereocenters. The van der Waals surface area contributed by atoms with Crippen molar-refractivity contribution in [3.8, 4) is 45.3 Å². The van der Waals surface area contributed by atoms with Gasteiger partial charge in [-0.05, 0) is 125 Å². The zero-order chi connectivity index (χ0) is 38.4.